The van der Waals surface area contributed by atoms with E-state index in [-0.39, 0.29) is 5.97 Å². The first-order chi connectivity index (χ1) is 10.9. The van der Waals surface area contributed by atoms with E-state index in [1.165, 1.54) is 0 Å². The summed E-state index contributed by atoms with van der Waals surface area (Å²) in [5.74, 6) is -0.217. The minimum atomic E-state index is -1.30. The van der Waals surface area contributed by atoms with Crippen LogP contribution in [0.5, 0.6) is 0 Å². The van der Waals surface area contributed by atoms with Crippen LogP contribution >= 0.6 is 0 Å². The van der Waals surface area contributed by atoms with E-state index in [4.69, 9.17) is 4.74 Å². The molecule has 0 amide bonds. The van der Waals surface area contributed by atoms with E-state index in [0.29, 0.717) is 12.8 Å². The van der Waals surface area contributed by atoms with Crippen molar-refractivity contribution in [1.82, 2.24) is 0 Å². The van der Waals surface area contributed by atoms with Gasteiger partial charge in [0.05, 0.1) is 6.21 Å². The molecule has 0 aliphatic carbocycles. The molecule has 0 radical (unpaired) electrons. The molecular weight excluding hydrogens is 322 g/mol. The van der Waals surface area contributed by atoms with Crippen LogP contribution in [0.1, 0.15) is 64.7 Å². The maximum absolute atomic E-state index is 12.1. The number of benzene rings is 1. The molecule has 1 rings (SSSR count). The van der Waals surface area contributed by atoms with Gasteiger partial charge >= 0.3 is 5.97 Å². The average molecular weight is 352 g/mol. The molecule has 1 unspecified atom stereocenters. The molecule has 0 aromatic heterocycles. The molecule has 1 aromatic carbocycles. The summed E-state index contributed by atoms with van der Waals surface area (Å²) in [7, 11) is 0. The Hall–Kier alpha value is -1.33. The van der Waals surface area contributed by atoms with Crippen LogP contribution in [-0.2, 0) is 27.3 Å². The molecule has 0 spiro atoms. The van der Waals surface area contributed by atoms with Crippen molar-refractivity contribution in [3.05, 3.63) is 34.9 Å². The second-order valence-electron chi connectivity index (χ2n) is 7.83. The molecule has 5 heteroatoms. The average Bonchev–Trinajstić information content (AvgIpc) is 2.40. The monoisotopic (exact) mass is 351 g/mol. The van der Waals surface area contributed by atoms with Crippen molar-refractivity contribution in [3.63, 3.8) is 0 Å². The lowest BCUT2D eigenvalue weighted by molar-refractivity contribution is -0.154. The normalized spacial score (nSPS) is 14.0. The van der Waals surface area contributed by atoms with Crippen molar-refractivity contribution in [2.75, 3.05) is 0 Å². The van der Waals surface area contributed by atoms with Crippen molar-refractivity contribution >= 4 is 23.5 Å². The standard InChI is InChI=1S/C19H29NO3S/c1-14-9-8-10-15(11-12-17(21)23-18(2,3)4)16(14)13-20-24(22)19(5,6)7/h8-10,13H,11-12H2,1-7H3/b20-13+. The smallest absolute Gasteiger partial charge is 0.306 e. The fourth-order valence-corrected chi connectivity index (χ4v) is 2.55. The predicted octanol–water partition coefficient (Wildman–Crippen LogP) is 4.15. The molecule has 0 saturated heterocycles. The van der Waals surface area contributed by atoms with Crippen LogP contribution in [-0.4, -0.2) is 27.1 Å². The molecule has 0 bridgehead atoms. The van der Waals surface area contributed by atoms with Gasteiger partial charge in [-0.1, -0.05) is 22.6 Å². The Balaban J connectivity index is 2.88. The van der Waals surface area contributed by atoms with Crippen LogP contribution in [0.15, 0.2) is 22.6 Å². The van der Waals surface area contributed by atoms with Gasteiger partial charge in [-0.15, -0.1) is 0 Å². The molecule has 1 aromatic rings. The fraction of sp³-hybridized carbons (Fsp3) is 0.579. The lowest BCUT2D eigenvalue weighted by atomic mass is 9.99. The number of carbonyl (C=O) groups is 1. The molecule has 24 heavy (non-hydrogen) atoms. The Morgan fingerprint density at radius 1 is 1.25 bits per heavy atom. The van der Waals surface area contributed by atoms with Gasteiger partial charge in [0.25, 0.3) is 0 Å². The summed E-state index contributed by atoms with van der Waals surface area (Å²) in [6.07, 6.45) is 2.55. The van der Waals surface area contributed by atoms with E-state index in [9.17, 15) is 9.35 Å². The molecule has 4 nitrogen and oxygen atoms in total. The second kappa shape index (κ2) is 8.17. The van der Waals surface area contributed by atoms with E-state index >= 15 is 0 Å². The number of hydrogen-bond acceptors (Lipinski definition) is 4. The van der Waals surface area contributed by atoms with Gasteiger partial charge in [-0.3, -0.25) is 4.79 Å². The van der Waals surface area contributed by atoms with Gasteiger partial charge in [0.15, 0.2) is 0 Å². The maximum Gasteiger partial charge on any atom is 0.306 e. The highest BCUT2D eigenvalue weighted by Gasteiger charge is 2.26. The van der Waals surface area contributed by atoms with Crippen molar-refractivity contribution < 1.29 is 14.1 Å². The van der Waals surface area contributed by atoms with Crippen molar-refractivity contribution in [2.45, 2.75) is 71.7 Å². The van der Waals surface area contributed by atoms with Crippen molar-refractivity contribution in [1.29, 1.82) is 0 Å². The molecule has 0 aliphatic heterocycles. The highest BCUT2D eigenvalue weighted by atomic mass is 32.2. The SMILES string of the molecule is Cc1cccc(CCC(=O)OC(C)(C)C)c1/C=N/[S+]([O-])C(C)(C)C. The quantitative estimate of drug-likeness (QED) is 0.455. The van der Waals surface area contributed by atoms with Gasteiger partial charge in [-0.05, 0) is 66.0 Å². The Labute approximate surface area is 149 Å². The van der Waals surface area contributed by atoms with Gasteiger partial charge in [0.1, 0.15) is 21.7 Å². The van der Waals surface area contributed by atoms with Gasteiger partial charge < -0.3 is 9.29 Å². The van der Waals surface area contributed by atoms with Crippen LogP contribution in [0.25, 0.3) is 0 Å². The minimum Gasteiger partial charge on any atom is -0.591 e. The Kier molecular flexibility index (Phi) is 7.05. The summed E-state index contributed by atoms with van der Waals surface area (Å²) in [6, 6.07) is 5.91. The van der Waals surface area contributed by atoms with Gasteiger partial charge in [-0.2, -0.15) is 0 Å². The lowest BCUT2D eigenvalue weighted by Crippen LogP contribution is -2.26. The molecule has 0 N–H and O–H groups in total. The topological polar surface area (TPSA) is 61.7 Å². The van der Waals surface area contributed by atoms with E-state index in [1.54, 1.807) is 6.21 Å². The summed E-state index contributed by atoms with van der Waals surface area (Å²) in [4.78, 5) is 11.9. The largest absolute Gasteiger partial charge is 0.591 e. The van der Waals surface area contributed by atoms with E-state index in [0.717, 1.165) is 16.7 Å². The molecule has 0 saturated carbocycles. The summed E-state index contributed by atoms with van der Waals surface area (Å²) < 4.78 is 21.3. The molecule has 0 heterocycles. The number of esters is 1. The first-order valence-corrected chi connectivity index (χ1v) is 9.27. The zero-order chi connectivity index (χ0) is 18.5. The highest BCUT2D eigenvalue weighted by Crippen LogP contribution is 2.19. The third-order valence-electron chi connectivity index (χ3n) is 3.23. The number of ether oxygens (including phenoxy) is 1. The van der Waals surface area contributed by atoms with Gasteiger partial charge in [0.2, 0.25) is 0 Å². The van der Waals surface area contributed by atoms with E-state index in [1.807, 2.05) is 66.7 Å². The fourth-order valence-electron chi connectivity index (χ4n) is 2.03. The predicted molar refractivity (Wildman–Crippen MR) is 101 cm³/mol. The van der Waals surface area contributed by atoms with Crippen LogP contribution in [0.2, 0.25) is 0 Å². The zero-order valence-corrected chi connectivity index (χ0v) is 16.6. The van der Waals surface area contributed by atoms with E-state index < -0.39 is 21.7 Å². The molecule has 0 fully saturated rings. The number of hydrogen-bond donors (Lipinski definition) is 0. The molecule has 134 valence electrons. The number of carbonyl (C=O) groups excluding carboxylic acids is 1. The van der Waals surface area contributed by atoms with Crippen molar-refractivity contribution in [3.8, 4) is 0 Å². The second-order valence-corrected chi connectivity index (χ2v) is 9.76. The first-order valence-electron chi connectivity index (χ1n) is 8.16. The highest BCUT2D eigenvalue weighted by molar-refractivity contribution is 7.91. The molecule has 1 atom stereocenters. The first kappa shape index (κ1) is 20.7. The Morgan fingerprint density at radius 3 is 2.42 bits per heavy atom. The van der Waals surface area contributed by atoms with Crippen LogP contribution in [0.4, 0.5) is 0 Å². The zero-order valence-electron chi connectivity index (χ0n) is 15.8. The molecular formula is C19H29NO3S. The van der Waals surface area contributed by atoms with Gasteiger partial charge in [-0.25, -0.2) is 0 Å². The number of rotatable bonds is 5. The van der Waals surface area contributed by atoms with Crippen LogP contribution in [0, 0.1) is 6.92 Å². The summed E-state index contributed by atoms with van der Waals surface area (Å²) in [6.45, 7) is 13.2. The maximum atomic E-state index is 12.1. The van der Waals surface area contributed by atoms with E-state index in [2.05, 4.69) is 4.40 Å². The third-order valence-corrected chi connectivity index (χ3v) is 4.58. The third kappa shape index (κ3) is 7.05. The number of nitrogens with zero attached hydrogens (tertiary/aromatic N) is 1. The molecule has 0 aliphatic rings. The minimum absolute atomic E-state index is 0.217. The van der Waals surface area contributed by atoms with Crippen LogP contribution in [0.3, 0.4) is 0 Å². The van der Waals surface area contributed by atoms with Crippen molar-refractivity contribution in [2.24, 2.45) is 4.40 Å². The number of aryl methyl sites for hydroxylation is 2. The van der Waals surface area contributed by atoms with Crippen LogP contribution < -0.4 is 0 Å². The Bertz CT molecular complexity index is 598. The van der Waals surface area contributed by atoms with Gasteiger partial charge in [0, 0.05) is 12.0 Å². The summed E-state index contributed by atoms with van der Waals surface area (Å²) in [5.41, 5.74) is 2.51. The summed E-state index contributed by atoms with van der Waals surface area (Å²) in [5, 5.41) is 0. The Morgan fingerprint density at radius 2 is 1.88 bits per heavy atom. The lowest BCUT2D eigenvalue weighted by Gasteiger charge is -2.20. The summed E-state index contributed by atoms with van der Waals surface area (Å²) >= 11 is -1.30.